The van der Waals surface area contributed by atoms with Gasteiger partial charge in [0.25, 0.3) is 0 Å². The van der Waals surface area contributed by atoms with Crippen molar-refractivity contribution in [3.8, 4) is 17.1 Å². The maximum Gasteiger partial charge on any atom is 0.227 e. The van der Waals surface area contributed by atoms with Crippen molar-refractivity contribution < 1.29 is 13.9 Å². The first-order valence-corrected chi connectivity index (χ1v) is 7.76. The summed E-state index contributed by atoms with van der Waals surface area (Å²) in [6.45, 7) is 0.256. The predicted molar refractivity (Wildman–Crippen MR) is 92.1 cm³/mol. The van der Waals surface area contributed by atoms with Gasteiger partial charge in [-0.05, 0) is 36.4 Å². The maximum atomic E-state index is 11.9. The molecule has 0 atom stereocenters. The minimum Gasteiger partial charge on any atom is -0.491 e. The Balaban J connectivity index is 1.49. The van der Waals surface area contributed by atoms with E-state index in [1.54, 1.807) is 18.3 Å². The third kappa shape index (κ3) is 4.14. The molecule has 0 spiro atoms. The quantitative estimate of drug-likeness (QED) is 0.721. The van der Waals surface area contributed by atoms with Gasteiger partial charge in [0.2, 0.25) is 5.91 Å². The molecule has 0 radical (unpaired) electrons. The number of amides is 1. The SMILES string of the molecule is O=C(CCOc1ccccc1Cl)Nc1ccc(-c2cnco2)cc1. The van der Waals surface area contributed by atoms with Crippen LogP contribution in [0.2, 0.25) is 5.02 Å². The summed E-state index contributed by atoms with van der Waals surface area (Å²) in [5.74, 6) is 1.12. The second-order valence-electron chi connectivity index (χ2n) is 5.02. The number of carbonyl (C=O) groups excluding carboxylic acids is 1. The largest absolute Gasteiger partial charge is 0.491 e. The molecular weight excluding hydrogens is 328 g/mol. The van der Waals surface area contributed by atoms with Crippen molar-refractivity contribution in [2.24, 2.45) is 0 Å². The minimum absolute atomic E-state index is 0.130. The normalized spacial score (nSPS) is 10.4. The number of carbonyl (C=O) groups is 1. The topological polar surface area (TPSA) is 64.4 Å². The number of hydrogen-bond donors (Lipinski definition) is 1. The van der Waals surface area contributed by atoms with Crippen LogP contribution in [-0.2, 0) is 4.79 Å². The van der Waals surface area contributed by atoms with Crippen LogP contribution in [0.25, 0.3) is 11.3 Å². The number of benzene rings is 2. The molecule has 0 aliphatic carbocycles. The summed E-state index contributed by atoms with van der Waals surface area (Å²) < 4.78 is 10.7. The van der Waals surface area contributed by atoms with E-state index in [1.807, 2.05) is 36.4 Å². The second-order valence-corrected chi connectivity index (χ2v) is 5.43. The highest BCUT2D eigenvalue weighted by molar-refractivity contribution is 6.32. The molecule has 0 saturated carbocycles. The minimum atomic E-state index is -0.130. The number of para-hydroxylation sites is 1. The van der Waals surface area contributed by atoms with Crippen LogP contribution in [0, 0.1) is 0 Å². The zero-order valence-electron chi connectivity index (χ0n) is 12.7. The lowest BCUT2D eigenvalue weighted by atomic mass is 10.1. The monoisotopic (exact) mass is 342 g/mol. The first-order valence-electron chi connectivity index (χ1n) is 7.38. The fourth-order valence-corrected chi connectivity index (χ4v) is 2.31. The van der Waals surface area contributed by atoms with Crippen LogP contribution in [0.1, 0.15) is 6.42 Å². The van der Waals surface area contributed by atoms with E-state index in [0.717, 1.165) is 5.56 Å². The summed E-state index contributed by atoms with van der Waals surface area (Å²) in [6.07, 6.45) is 3.25. The van der Waals surface area contributed by atoms with Gasteiger partial charge in [-0.3, -0.25) is 4.79 Å². The van der Waals surface area contributed by atoms with Gasteiger partial charge in [-0.1, -0.05) is 23.7 Å². The van der Waals surface area contributed by atoms with Gasteiger partial charge in [0.15, 0.2) is 12.2 Å². The fraction of sp³-hybridized carbons (Fsp3) is 0.111. The molecule has 1 N–H and O–H groups in total. The third-order valence-corrected chi connectivity index (χ3v) is 3.62. The molecule has 6 heteroatoms. The van der Waals surface area contributed by atoms with Crippen LogP contribution in [0.15, 0.2) is 65.5 Å². The lowest BCUT2D eigenvalue weighted by molar-refractivity contribution is -0.116. The predicted octanol–water partition coefficient (Wildman–Crippen LogP) is 4.40. The van der Waals surface area contributed by atoms with Gasteiger partial charge >= 0.3 is 0 Å². The van der Waals surface area contributed by atoms with E-state index in [4.69, 9.17) is 20.8 Å². The highest BCUT2D eigenvalue weighted by Gasteiger charge is 2.06. The van der Waals surface area contributed by atoms with Crippen molar-refractivity contribution in [3.05, 3.63) is 66.1 Å². The van der Waals surface area contributed by atoms with Crippen LogP contribution in [0.4, 0.5) is 5.69 Å². The Labute approximate surface area is 144 Å². The van der Waals surface area contributed by atoms with Crippen molar-refractivity contribution in [1.82, 2.24) is 4.98 Å². The Bertz CT molecular complexity index is 801. The molecule has 0 fully saturated rings. The summed E-state index contributed by atoms with van der Waals surface area (Å²) in [5.41, 5.74) is 1.61. The molecule has 0 aliphatic heterocycles. The highest BCUT2D eigenvalue weighted by atomic mass is 35.5. The van der Waals surface area contributed by atoms with Gasteiger partial charge < -0.3 is 14.5 Å². The standard InChI is InChI=1S/C18H15ClN2O3/c19-15-3-1-2-4-16(15)23-10-9-18(22)21-14-7-5-13(6-8-14)17-11-20-12-24-17/h1-8,11-12H,9-10H2,(H,21,22). The van der Waals surface area contributed by atoms with Gasteiger partial charge in [0, 0.05) is 11.3 Å². The smallest absolute Gasteiger partial charge is 0.227 e. The Hall–Kier alpha value is -2.79. The lowest BCUT2D eigenvalue weighted by Gasteiger charge is -2.08. The van der Waals surface area contributed by atoms with Crippen LogP contribution in [0.3, 0.4) is 0 Å². The van der Waals surface area contributed by atoms with Gasteiger partial charge in [-0.2, -0.15) is 0 Å². The Kier molecular flexibility index (Phi) is 5.13. The molecule has 5 nitrogen and oxygen atoms in total. The number of ether oxygens (including phenoxy) is 1. The number of nitrogens with zero attached hydrogens (tertiary/aromatic N) is 1. The summed E-state index contributed by atoms with van der Waals surface area (Å²) in [4.78, 5) is 15.8. The number of oxazole rings is 1. The van der Waals surface area contributed by atoms with Gasteiger partial charge in [-0.15, -0.1) is 0 Å². The number of anilines is 1. The zero-order valence-corrected chi connectivity index (χ0v) is 13.5. The Morgan fingerprint density at radius 3 is 2.67 bits per heavy atom. The van der Waals surface area contributed by atoms with Crippen molar-refractivity contribution in [2.75, 3.05) is 11.9 Å². The number of rotatable bonds is 6. The van der Waals surface area contributed by atoms with E-state index in [-0.39, 0.29) is 18.9 Å². The molecule has 0 aliphatic rings. The van der Waals surface area contributed by atoms with Gasteiger partial charge in [0.05, 0.1) is 24.2 Å². The average Bonchev–Trinajstić information content (AvgIpc) is 3.12. The first-order chi connectivity index (χ1) is 11.7. The molecule has 3 aromatic rings. The van der Waals surface area contributed by atoms with Crippen molar-refractivity contribution >= 4 is 23.2 Å². The number of aromatic nitrogens is 1. The molecule has 1 aromatic heterocycles. The van der Waals surface area contributed by atoms with E-state index >= 15 is 0 Å². The molecular formula is C18H15ClN2O3. The van der Waals surface area contributed by atoms with Crippen LogP contribution < -0.4 is 10.1 Å². The Morgan fingerprint density at radius 1 is 1.17 bits per heavy atom. The van der Waals surface area contributed by atoms with E-state index in [1.165, 1.54) is 6.39 Å². The molecule has 0 bridgehead atoms. The molecule has 2 aromatic carbocycles. The molecule has 3 rings (SSSR count). The number of halogens is 1. The highest BCUT2D eigenvalue weighted by Crippen LogP contribution is 2.23. The number of hydrogen-bond acceptors (Lipinski definition) is 4. The fourth-order valence-electron chi connectivity index (χ4n) is 2.12. The molecule has 122 valence electrons. The zero-order chi connectivity index (χ0) is 16.8. The first kappa shape index (κ1) is 16.1. The summed E-state index contributed by atoms with van der Waals surface area (Å²) >= 11 is 5.99. The van der Waals surface area contributed by atoms with E-state index < -0.39 is 0 Å². The molecule has 1 amide bonds. The Morgan fingerprint density at radius 2 is 1.96 bits per heavy atom. The lowest BCUT2D eigenvalue weighted by Crippen LogP contribution is -2.15. The van der Waals surface area contributed by atoms with Gasteiger partial charge in [0.1, 0.15) is 5.75 Å². The maximum absolute atomic E-state index is 11.9. The number of nitrogens with one attached hydrogen (secondary N) is 1. The molecule has 0 unspecified atom stereocenters. The molecule has 0 saturated heterocycles. The molecule has 1 heterocycles. The van der Waals surface area contributed by atoms with Crippen LogP contribution in [-0.4, -0.2) is 17.5 Å². The van der Waals surface area contributed by atoms with Crippen molar-refractivity contribution in [1.29, 1.82) is 0 Å². The van der Waals surface area contributed by atoms with Crippen molar-refractivity contribution in [2.45, 2.75) is 6.42 Å². The van der Waals surface area contributed by atoms with E-state index in [0.29, 0.717) is 22.2 Å². The summed E-state index contributed by atoms with van der Waals surface area (Å²) in [6, 6.07) is 14.5. The second kappa shape index (κ2) is 7.66. The van der Waals surface area contributed by atoms with Crippen LogP contribution in [0.5, 0.6) is 5.75 Å². The van der Waals surface area contributed by atoms with E-state index in [2.05, 4.69) is 10.3 Å². The van der Waals surface area contributed by atoms with Gasteiger partial charge in [-0.25, -0.2) is 4.98 Å². The summed E-state index contributed by atoms with van der Waals surface area (Å²) in [7, 11) is 0. The summed E-state index contributed by atoms with van der Waals surface area (Å²) in [5, 5.41) is 3.35. The van der Waals surface area contributed by atoms with E-state index in [9.17, 15) is 4.79 Å². The van der Waals surface area contributed by atoms with Crippen molar-refractivity contribution in [3.63, 3.8) is 0 Å². The third-order valence-electron chi connectivity index (χ3n) is 3.31. The van der Waals surface area contributed by atoms with Crippen LogP contribution >= 0.6 is 11.6 Å². The average molecular weight is 343 g/mol. The molecule has 24 heavy (non-hydrogen) atoms.